The summed E-state index contributed by atoms with van der Waals surface area (Å²) in [6.07, 6.45) is 0.184. The minimum absolute atomic E-state index is 0.0717. The molecule has 0 saturated carbocycles. The molecule has 0 saturated heterocycles. The number of nitrogens with one attached hydrogen (secondary N) is 1. The quantitative estimate of drug-likeness (QED) is 0.758. The maximum absolute atomic E-state index is 12.2. The Hall–Kier alpha value is -3.02. The molecule has 6 nitrogen and oxygen atoms in total. The molecule has 0 heterocycles. The zero-order chi connectivity index (χ0) is 18.2. The first-order valence-corrected chi connectivity index (χ1v) is 8.02. The second kappa shape index (κ2) is 8.73. The summed E-state index contributed by atoms with van der Waals surface area (Å²) in [5.74, 6) is 0.329. The Morgan fingerprint density at radius 1 is 1.16 bits per heavy atom. The SMILES string of the molecule is COc1ccc(N)c(NC(=O)CCN(Cc2ccccc2)C(C)=O)c1. The average Bonchev–Trinajstić information content (AvgIpc) is 2.61. The number of methoxy groups -OCH3 is 1. The van der Waals surface area contributed by atoms with Crippen LogP contribution in [0.15, 0.2) is 48.5 Å². The minimum Gasteiger partial charge on any atom is -0.497 e. The molecule has 2 amide bonds. The highest BCUT2D eigenvalue weighted by Crippen LogP contribution is 2.24. The fourth-order valence-electron chi connectivity index (χ4n) is 2.37. The number of hydrogen-bond acceptors (Lipinski definition) is 4. The number of anilines is 2. The van der Waals surface area contributed by atoms with Crippen LogP contribution in [0.5, 0.6) is 5.75 Å². The molecule has 0 spiro atoms. The van der Waals surface area contributed by atoms with Crippen LogP contribution in [0.1, 0.15) is 18.9 Å². The molecule has 3 N–H and O–H groups in total. The summed E-state index contributed by atoms with van der Waals surface area (Å²) < 4.78 is 5.13. The number of ether oxygens (including phenoxy) is 1. The van der Waals surface area contributed by atoms with E-state index >= 15 is 0 Å². The molecule has 0 radical (unpaired) electrons. The van der Waals surface area contributed by atoms with Gasteiger partial charge < -0.3 is 20.7 Å². The van der Waals surface area contributed by atoms with E-state index in [1.807, 2.05) is 30.3 Å². The molecule has 0 aliphatic heterocycles. The van der Waals surface area contributed by atoms with Crippen LogP contribution in [-0.2, 0) is 16.1 Å². The van der Waals surface area contributed by atoms with Crippen molar-refractivity contribution in [2.45, 2.75) is 19.9 Å². The summed E-state index contributed by atoms with van der Waals surface area (Å²) in [6.45, 7) is 2.31. The molecular formula is C19H23N3O3. The lowest BCUT2D eigenvalue weighted by atomic mass is 10.2. The van der Waals surface area contributed by atoms with Gasteiger partial charge in [-0.25, -0.2) is 0 Å². The molecular weight excluding hydrogens is 318 g/mol. The summed E-state index contributed by atoms with van der Waals surface area (Å²) in [4.78, 5) is 25.7. The van der Waals surface area contributed by atoms with Gasteiger partial charge in [-0.1, -0.05) is 30.3 Å². The Kier molecular flexibility index (Phi) is 6.39. The normalized spacial score (nSPS) is 10.2. The standard InChI is InChI=1S/C19H23N3O3/c1-14(23)22(13-15-6-4-3-5-7-15)11-10-19(24)21-18-12-16(25-2)8-9-17(18)20/h3-9,12H,10-11,13,20H2,1-2H3,(H,21,24). The molecule has 0 aromatic heterocycles. The van der Waals surface area contributed by atoms with Gasteiger partial charge in [-0.05, 0) is 17.7 Å². The minimum atomic E-state index is -0.209. The van der Waals surface area contributed by atoms with Gasteiger partial charge >= 0.3 is 0 Å². The van der Waals surface area contributed by atoms with Gasteiger partial charge in [0.15, 0.2) is 0 Å². The lowest BCUT2D eigenvalue weighted by Crippen LogP contribution is -2.31. The molecule has 0 atom stereocenters. The van der Waals surface area contributed by atoms with E-state index < -0.39 is 0 Å². The molecule has 2 rings (SSSR count). The van der Waals surface area contributed by atoms with Crippen molar-refractivity contribution in [1.29, 1.82) is 0 Å². The van der Waals surface area contributed by atoms with E-state index in [2.05, 4.69) is 5.32 Å². The number of carbonyl (C=O) groups is 2. The van der Waals surface area contributed by atoms with E-state index in [1.54, 1.807) is 30.2 Å². The second-order valence-corrected chi connectivity index (χ2v) is 5.68. The molecule has 0 aliphatic rings. The predicted molar refractivity (Wildman–Crippen MR) is 98.2 cm³/mol. The van der Waals surface area contributed by atoms with Crippen LogP contribution in [0, 0.1) is 0 Å². The number of nitrogens with two attached hydrogens (primary N) is 1. The highest BCUT2D eigenvalue weighted by molar-refractivity contribution is 5.94. The number of nitrogen functional groups attached to an aromatic ring is 1. The van der Waals surface area contributed by atoms with Crippen LogP contribution in [0.2, 0.25) is 0 Å². The first-order valence-electron chi connectivity index (χ1n) is 8.02. The third-order valence-corrected chi connectivity index (χ3v) is 3.80. The topological polar surface area (TPSA) is 84.7 Å². The smallest absolute Gasteiger partial charge is 0.226 e. The number of rotatable bonds is 7. The molecule has 0 bridgehead atoms. The molecule has 2 aromatic carbocycles. The van der Waals surface area contributed by atoms with Gasteiger partial charge in [-0.2, -0.15) is 0 Å². The predicted octanol–water partition coefficient (Wildman–Crippen LogP) is 2.65. The van der Waals surface area contributed by atoms with E-state index in [-0.39, 0.29) is 18.2 Å². The van der Waals surface area contributed by atoms with Gasteiger partial charge in [-0.15, -0.1) is 0 Å². The summed E-state index contributed by atoms with van der Waals surface area (Å²) in [5, 5.41) is 2.76. The van der Waals surface area contributed by atoms with Crippen LogP contribution in [0.4, 0.5) is 11.4 Å². The van der Waals surface area contributed by atoms with Crippen molar-refractivity contribution in [3.05, 3.63) is 54.1 Å². The Morgan fingerprint density at radius 3 is 2.52 bits per heavy atom. The van der Waals surface area contributed by atoms with E-state index in [0.717, 1.165) is 5.56 Å². The zero-order valence-corrected chi connectivity index (χ0v) is 14.5. The summed E-state index contributed by atoms with van der Waals surface area (Å²) in [7, 11) is 1.55. The van der Waals surface area contributed by atoms with Crippen molar-refractivity contribution in [1.82, 2.24) is 4.90 Å². The zero-order valence-electron chi connectivity index (χ0n) is 14.5. The van der Waals surface area contributed by atoms with E-state index in [9.17, 15) is 9.59 Å². The van der Waals surface area contributed by atoms with Crippen LogP contribution < -0.4 is 15.8 Å². The molecule has 25 heavy (non-hydrogen) atoms. The first kappa shape index (κ1) is 18.3. The Balaban J connectivity index is 1.94. The van der Waals surface area contributed by atoms with Gasteiger partial charge in [0, 0.05) is 32.5 Å². The second-order valence-electron chi connectivity index (χ2n) is 5.68. The number of nitrogens with zero attached hydrogens (tertiary/aromatic N) is 1. The van der Waals surface area contributed by atoms with E-state index in [0.29, 0.717) is 30.2 Å². The maximum atomic E-state index is 12.2. The van der Waals surface area contributed by atoms with Crippen molar-refractivity contribution in [2.24, 2.45) is 0 Å². The number of amides is 2. The maximum Gasteiger partial charge on any atom is 0.226 e. The third kappa shape index (κ3) is 5.53. The highest BCUT2D eigenvalue weighted by Gasteiger charge is 2.13. The van der Waals surface area contributed by atoms with Gasteiger partial charge in [0.2, 0.25) is 11.8 Å². The fourth-order valence-corrected chi connectivity index (χ4v) is 2.37. The lowest BCUT2D eigenvalue weighted by molar-refractivity contribution is -0.129. The average molecular weight is 341 g/mol. The Labute approximate surface area is 147 Å². The third-order valence-electron chi connectivity index (χ3n) is 3.80. The lowest BCUT2D eigenvalue weighted by Gasteiger charge is -2.21. The molecule has 0 unspecified atom stereocenters. The van der Waals surface area contributed by atoms with Crippen LogP contribution >= 0.6 is 0 Å². The van der Waals surface area contributed by atoms with Crippen molar-refractivity contribution in [3.63, 3.8) is 0 Å². The molecule has 0 aliphatic carbocycles. The van der Waals surface area contributed by atoms with Crippen LogP contribution in [-0.4, -0.2) is 30.4 Å². The van der Waals surface area contributed by atoms with Crippen molar-refractivity contribution in [2.75, 3.05) is 24.7 Å². The number of hydrogen-bond donors (Lipinski definition) is 2. The summed E-state index contributed by atoms with van der Waals surface area (Å²) >= 11 is 0. The van der Waals surface area contributed by atoms with E-state index in [1.165, 1.54) is 6.92 Å². The van der Waals surface area contributed by atoms with Gasteiger partial charge in [0.05, 0.1) is 18.5 Å². The number of carbonyl (C=O) groups excluding carboxylic acids is 2. The molecule has 2 aromatic rings. The highest BCUT2D eigenvalue weighted by atomic mass is 16.5. The van der Waals surface area contributed by atoms with Crippen molar-refractivity contribution in [3.8, 4) is 5.75 Å². The van der Waals surface area contributed by atoms with Gasteiger partial charge in [-0.3, -0.25) is 9.59 Å². The first-order chi connectivity index (χ1) is 12.0. The largest absolute Gasteiger partial charge is 0.497 e. The fraction of sp³-hybridized carbons (Fsp3) is 0.263. The summed E-state index contributed by atoms with van der Waals surface area (Å²) in [6, 6.07) is 14.7. The van der Waals surface area contributed by atoms with Crippen LogP contribution in [0.25, 0.3) is 0 Å². The van der Waals surface area contributed by atoms with Crippen molar-refractivity contribution >= 4 is 23.2 Å². The molecule has 0 fully saturated rings. The van der Waals surface area contributed by atoms with Gasteiger partial charge in [0.1, 0.15) is 5.75 Å². The van der Waals surface area contributed by atoms with Crippen LogP contribution in [0.3, 0.4) is 0 Å². The number of benzene rings is 2. The Bertz CT molecular complexity index is 732. The summed E-state index contributed by atoms with van der Waals surface area (Å²) in [5.41, 5.74) is 7.85. The van der Waals surface area contributed by atoms with E-state index in [4.69, 9.17) is 10.5 Å². The molecule has 132 valence electrons. The molecule has 6 heteroatoms. The Morgan fingerprint density at radius 2 is 1.88 bits per heavy atom. The van der Waals surface area contributed by atoms with Gasteiger partial charge in [0.25, 0.3) is 0 Å². The monoisotopic (exact) mass is 341 g/mol. The van der Waals surface area contributed by atoms with Crippen molar-refractivity contribution < 1.29 is 14.3 Å².